The summed E-state index contributed by atoms with van der Waals surface area (Å²) < 4.78 is 24.9. The minimum absolute atomic E-state index is 0.000211. The third kappa shape index (κ3) is 5.40. The molecule has 0 bridgehead atoms. The zero-order valence-electron chi connectivity index (χ0n) is 14.9. The Hall–Kier alpha value is -0.760. The molecule has 0 N–H and O–H groups in total. The monoisotopic (exact) mass is 448 g/mol. The zero-order chi connectivity index (χ0) is 19.4. The van der Waals surface area contributed by atoms with Crippen molar-refractivity contribution in [1.82, 2.24) is 4.90 Å². The number of amides is 1. The average molecular weight is 449 g/mol. The molecule has 1 aromatic rings. The molecule has 9 heteroatoms. The predicted octanol–water partition coefficient (Wildman–Crippen LogP) is 4.69. The number of nitrogens with zero attached hydrogens (tertiary/aromatic N) is 2. The molecular weight excluding hydrogens is 427 g/mol. The van der Waals surface area contributed by atoms with Crippen molar-refractivity contribution in [3.05, 3.63) is 28.2 Å². The molecule has 1 saturated carbocycles. The standard InChI is InChI=1S/C18H22Cl2N2O3S2/c19-15-7-6-13(12-16(15)20)21-18-22(9-3-10-26-18)17(23)8-11-27(24,25)14-4-1-2-5-14/h6-7,12,14H,1-5,8-11H2. The molecule has 0 atom stereocenters. The van der Waals surface area contributed by atoms with Gasteiger partial charge >= 0.3 is 0 Å². The second kappa shape index (κ2) is 9.16. The second-order valence-electron chi connectivity index (χ2n) is 6.76. The van der Waals surface area contributed by atoms with Gasteiger partial charge in [-0.3, -0.25) is 9.69 Å². The van der Waals surface area contributed by atoms with E-state index in [1.165, 1.54) is 11.8 Å². The Bertz CT molecular complexity index is 837. The highest BCUT2D eigenvalue weighted by atomic mass is 35.5. The van der Waals surface area contributed by atoms with Crippen LogP contribution in [0.25, 0.3) is 0 Å². The highest BCUT2D eigenvalue weighted by Crippen LogP contribution is 2.29. The number of amidine groups is 1. The molecule has 0 radical (unpaired) electrons. The van der Waals surface area contributed by atoms with E-state index in [0.717, 1.165) is 37.9 Å². The maximum atomic E-state index is 12.7. The van der Waals surface area contributed by atoms with Crippen molar-refractivity contribution in [2.45, 2.75) is 43.8 Å². The van der Waals surface area contributed by atoms with Gasteiger partial charge in [0.15, 0.2) is 15.0 Å². The smallest absolute Gasteiger partial charge is 0.229 e. The predicted molar refractivity (Wildman–Crippen MR) is 113 cm³/mol. The van der Waals surface area contributed by atoms with Gasteiger partial charge in [0.1, 0.15) is 0 Å². The van der Waals surface area contributed by atoms with E-state index in [2.05, 4.69) is 4.99 Å². The fraction of sp³-hybridized carbons (Fsp3) is 0.556. The number of halogens is 2. The molecule has 27 heavy (non-hydrogen) atoms. The summed E-state index contributed by atoms with van der Waals surface area (Å²) >= 11 is 13.5. The summed E-state index contributed by atoms with van der Waals surface area (Å²) in [5, 5.41) is 1.16. The van der Waals surface area contributed by atoms with Crippen LogP contribution in [-0.4, -0.2) is 47.7 Å². The Morgan fingerprint density at radius 3 is 2.63 bits per heavy atom. The lowest BCUT2D eigenvalue weighted by Gasteiger charge is -2.28. The first kappa shape index (κ1) is 21.0. The van der Waals surface area contributed by atoms with Crippen LogP contribution in [0.15, 0.2) is 23.2 Å². The van der Waals surface area contributed by atoms with Gasteiger partial charge < -0.3 is 0 Å². The van der Waals surface area contributed by atoms with Gasteiger partial charge in [-0.2, -0.15) is 0 Å². The molecule has 1 saturated heterocycles. The molecule has 2 fully saturated rings. The summed E-state index contributed by atoms with van der Waals surface area (Å²) in [4.78, 5) is 18.8. The number of carbonyl (C=O) groups is 1. The van der Waals surface area contributed by atoms with E-state index >= 15 is 0 Å². The molecule has 3 rings (SSSR count). The number of sulfone groups is 1. The Balaban J connectivity index is 1.69. The van der Waals surface area contributed by atoms with E-state index < -0.39 is 9.84 Å². The second-order valence-corrected chi connectivity index (χ2v) is 11.0. The van der Waals surface area contributed by atoms with Crippen LogP contribution in [-0.2, 0) is 14.6 Å². The van der Waals surface area contributed by atoms with Crippen molar-refractivity contribution in [2.75, 3.05) is 18.1 Å². The molecule has 1 heterocycles. The lowest BCUT2D eigenvalue weighted by molar-refractivity contribution is -0.126. The molecule has 2 aliphatic rings. The van der Waals surface area contributed by atoms with E-state index in [4.69, 9.17) is 23.2 Å². The quantitative estimate of drug-likeness (QED) is 0.654. The van der Waals surface area contributed by atoms with E-state index in [0.29, 0.717) is 27.4 Å². The molecule has 148 valence electrons. The summed E-state index contributed by atoms with van der Waals surface area (Å²) in [5.74, 6) is 0.588. The highest BCUT2D eigenvalue weighted by molar-refractivity contribution is 8.13. The van der Waals surface area contributed by atoms with E-state index in [1.54, 1.807) is 23.1 Å². The van der Waals surface area contributed by atoms with E-state index in [1.807, 2.05) is 0 Å². The molecule has 5 nitrogen and oxygen atoms in total. The fourth-order valence-electron chi connectivity index (χ4n) is 3.33. The summed E-state index contributed by atoms with van der Waals surface area (Å²) in [6.07, 6.45) is 4.22. The van der Waals surface area contributed by atoms with Crippen molar-refractivity contribution in [2.24, 2.45) is 4.99 Å². The van der Waals surface area contributed by atoms with Gasteiger partial charge in [-0.1, -0.05) is 47.8 Å². The van der Waals surface area contributed by atoms with Crippen LogP contribution in [0, 0.1) is 0 Å². The molecular formula is C18H22Cl2N2O3S2. The highest BCUT2D eigenvalue weighted by Gasteiger charge is 2.31. The average Bonchev–Trinajstić information content (AvgIpc) is 3.19. The number of hydrogen-bond donors (Lipinski definition) is 0. The fourth-order valence-corrected chi connectivity index (χ4v) is 6.44. The number of rotatable bonds is 5. The number of hydrogen-bond acceptors (Lipinski definition) is 5. The van der Waals surface area contributed by atoms with Crippen LogP contribution >= 0.6 is 35.0 Å². The minimum Gasteiger partial charge on any atom is -0.291 e. The first-order valence-corrected chi connectivity index (χ1v) is 12.5. The van der Waals surface area contributed by atoms with E-state index in [-0.39, 0.29) is 23.3 Å². The van der Waals surface area contributed by atoms with Gasteiger partial charge in [0.05, 0.1) is 26.7 Å². The number of aliphatic imine (C=N–C) groups is 1. The molecule has 0 aromatic heterocycles. The molecule has 1 aliphatic heterocycles. The Morgan fingerprint density at radius 2 is 1.93 bits per heavy atom. The van der Waals surface area contributed by atoms with Gasteiger partial charge in [-0.05, 0) is 37.5 Å². The number of thioether (sulfide) groups is 1. The SMILES string of the molecule is O=C(CCS(=O)(=O)C1CCCC1)N1CCCSC1=Nc1ccc(Cl)c(Cl)c1. The van der Waals surface area contributed by atoms with Crippen molar-refractivity contribution < 1.29 is 13.2 Å². The van der Waals surface area contributed by atoms with Crippen LogP contribution in [0.3, 0.4) is 0 Å². The summed E-state index contributed by atoms with van der Waals surface area (Å²) in [6.45, 7) is 0.551. The molecule has 1 amide bonds. The van der Waals surface area contributed by atoms with Gasteiger partial charge in [0, 0.05) is 18.7 Å². The van der Waals surface area contributed by atoms with Gasteiger partial charge in [0.25, 0.3) is 0 Å². The van der Waals surface area contributed by atoms with Gasteiger partial charge in [-0.15, -0.1) is 0 Å². The summed E-state index contributed by atoms with van der Waals surface area (Å²) in [5.41, 5.74) is 0.616. The van der Waals surface area contributed by atoms with Crippen molar-refractivity contribution >= 4 is 61.6 Å². The van der Waals surface area contributed by atoms with Crippen LogP contribution in [0.4, 0.5) is 5.69 Å². The number of benzene rings is 1. The normalized spacial score (nSPS) is 20.4. The molecule has 0 spiro atoms. The summed E-state index contributed by atoms with van der Waals surface area (Å²) in [7, 11) is -3.21. The largest absolute Gasteiger partial charge is 0.291 e. The third-order valence-electron chi connectivity index (χ3n) is 4.83. The third-order valence-corrected chi connectivity index (χ3v) is 8.89. The summed E-state index contributed by atoms with van der Waals surface area (Å²) in [6, 6.07) is 5.06. The van der Waals surface area contributed by atoms with Crippen LogP contribution < -0.4 is 0 Å². The van der Waals surface area contributed by atoms with Crippen molar-refractivity contribution in [3.8, 4) is 0 Å². The first-order chi connectivity index (χ1) is 12.9. The van der Waals surface area contributed by atoms with Gasteiger partial charge in [0.2, 0.25) is 5.91 Å². The zero-order valence-corrected chi connectivity index (χ0v) is 18.0. The molecule has 1 aromatic carbocycles. The van der Waals surface area contributed by atoms with Crippen molar-refractivity contribution in [1.29, 1.82) is 0 Å². The topological polar surface area (TPSA) is 66.8 Å². The van der Waals surface area contributed by atoms with Crippen molar-refractivity contribution in [3.63, 3.8) is 0 Å². The molecule has 1 aliphatic carbocycles. The lowest BCUT2D eigenvalue weighted by atomic mass is 10.3. The van der Waals surface area contributed by atoms with Crippen LogP contribution in [0.5, 0.6) is 0 Å². The molecule has 0 unspecified atom stereocenters. The van der Waals surface area contributed by atoms with Crippen LogP contribution in [0.2, 0.25) is 10.0 Å². The van der Waals surface area contributed by atoms with E-state index in [9.17, 15) is 13.2 Å². The minimum atomic E-state index is -3.21. The maximum Gasteiger partial charge on any atom is 0.229 e. The first-order valence-electron chi connectivity index (χ1n) is 9.05. The Kier molecular flexibility index (Phi) is 7.11. The van der Waals surface area contributed by atoms with Crippen LogP contribution in [0.1, 0.15) is 38.5 Å². The van der Waals surface area contributed by atoms with Gasteiger partial charge in [-0.25, -0.2) is 13.4 Å². The maximum absolute atomic E-state index is 12.7. The number of carbonyl (C=O) groups excluding carboxylic acids is 1. The Labute approximate surface area is 174 Å². The Morgan fingerprint density at radius 1 is 1.19 bits per heavy atom. The lowest BCUT2D eigenvalue weighted by Crippen LogP contribution is -2.40.